The van der Waals surface area contributed by atoms with Crippen LogP contribution in [0.25, 0.3) is 33.5 Å². The molecule has 0 radical (unpaired) electrons. The minimum absolute atomic E-state index is 0.151. The van der Waals surface area contributed by atoms with E-state index >= 15 is 0 Å². The van der Waals surface area contributed by atoms with Gasteiger partial charge in [-0.3, -0.25) is 10.1 Å². The van der Waals surface area contributed by atoms with Gasteiger partial charge in [0.1, 0.15) is 16.8 Å². The number of amides is 1. The summed E-state index contributed by atoms with van der Waals surface area (Å²) in [5, 5.41) is 6.73. The summed E-state index contributed by atoms with van der Waals surface area (Å²) in [6.45, 7) is 1.84. The van der Waals surface area contributed by atoms with Gasteiger partial charge in [-0.25, -0.2) is 4.98 Å². The van der Waals surface area contributed by atoms with Crippen molar-refractivity contribution in [3.63, 3.8) is 0 Å². The van der Waals surface area contributed by atoms with E-state index < -0.39 is 5.91 Å². The van der Waals surface area contributed by atoms with E-state index in [1.54, 1.807) is 25.3 Å². The summed E-state index contributed by atoms with van der Waals surface area (Å²) in [5.74, 6) is 1.08. The van der Waals surface area contributed by atoms with Crippen molar-refractivity contribution in [3.8, 4) is 17.2 Å². The molecule has 0 saturated carbocycles. The molecule has 3 aromatic carbocycles. The molecule has 164 valence electrons. The molecule has 2 heterocycles. The maximum Gasteiger partial charge on any atom is 0.293 e. The van der Waals surface area contributed by atoms with Crippen molar-refractivity contribution in [3.05, 3.63) is 78.1 Å². The Morgan fingerprint density at radius 3 is 2.55 bits per heavy atom. The van der Waals surface area contributed by atoms with E-state index in [2.05, 4.69) is 15.6 Å². The van der Waals surface area contributed by atoms with Crippen molar-refractivity contribution >= 4 is 51.0 Å². The molecule has 0 unspecified atom stereocenters. The van der Waals surface area contributed by atoms with Crippen LogP contribution < -0.4 is 15.4 Å². The maximum absolute atomic E-state index is 12.7. The van der Waals surface area contributed by atoms with Crippen molar-refractivity contribution in [1.82, 2.24) is 10.3 Å². The number of rotatable bonds is 4. The van der Waals surface area contributed by atoms with Gasteiger partial charge in [-0.15, -0.1) is 0 Å². The Bertz CT molecular complexity index is 1500. The summed E-state index contributed by atoms with van der Waals surface area (Å²) in [7, 11) is 1.62. The van der Waals surface area contributed by atoms with Crippen LogP contribution in [-0.2, 0) is 0 Å². The van der Waals surface area contributed by atoms with Gasteiger partial charge in [-0.2, -0.15) is 0 Å². The van der Waals surface area contributed by atoms with Crippen molar-refractivity contribution < 1.29 is 18.4 Å². The predicted molar refractivity (Wildman–Crippen MR) is 131 cm³/mol. The second kappa shape index (κ2) is 8.40. The molecule has 0 saturated heterocycles. The Labute approximate surface area is 194 Å². The molecule has 0 aliphatic heterocycles. The van der Waals surface area contributed by atoms with Crippen LogP contribution in [0.15, 0.2) is 75.6 Å². The molecule has 33 heavy (non-hydrogen) atoms. The number of nitrogens with one attached hydrogen (secondary N) is 2. The number of nitrogens with zero attached hydrogens (tertiary/aromatic N) is 1. The van der Waals surface area contributed by atoms with E-state index in [1.807, 2.05) is 55.5 Å². The number of fused-ring (bicyclic) bond motifs is 2. The molecule has 2 aromatic heterocycles. The zero-order chi connectivity index (χ0) is 22.9. The molecule has 7 nitrogen and oxygen atoms in total. The first-order valence-corrected chi connectivity index (χ1v) is 10.6. The number of methoxy groups -OCH3 is 1. The minimum Gasteiger partial charge on any atom is -0.497 e. The number of thiocarbonyl (C=S) groups is 1. The van der Waals surface area contributed by atoms with Gasteiger partial charge in [-0.05, 0) is 67.7 Å². The third-order valence-electron chi connectivity index (χ3n) is 5.26. The lowest BCUT2D eigenvalue weighted by Gasteiger charge is -2.08. The van der Waals surface area contributed by atoms with E-state index in [4.69, 9.17) is 25.8 Å². The van der Waals surface area contributed by atoms with Gasteiger partial charge in [0.15, 0.2) is 16.5 Å². The number of hydrogen-bond donors (Lipinski definition) is 2. The molecule has 1 amide bonds. The highest BCUT2D eigenvalue weighted by atomic mass is 32.1. The van der Waals surface area contributed by atoms with E-state index in [1.165, 1.54) is 0 Å². The highest BCUT2D eigenvalue weighted by Crippen LogP contribution is 2.28. The number of anilines is 1. The standard InChI is InChI=1S/C25H19N3O4S/c1-14-18-5-3-4-6-20(18)31-22(14)23(29)28-25(33)26-16-9-12-21-19(13-16)27-24(32-21)15-7-10-17(30-2)11-8-15/h3-13H,1-2H3,(H2,26,28,29,33). The average molecular weight is 458 g/mol. The average Bonchev–Trinajstić information content (AvgIpc) is 3.40. The van der Waals surface area contributed by atoms with Gasteiger partial charge in [-0.1, -0.05) is 18.2 Å². The zero-order valence-electron chi connectivity index (χ0n) is 17.8. The second-order valence-corrected chi connectivity index (χ2v) is 7.80. The Morgan fingerprint density at radius 2 is 1.79 bits per heavy atom. The number of aromatic nitrogens is 1. The number of carbonyl (C=O) groups is 1. The molecule has 2 N–H and O–H groups in total. The summed E-state index contributed by atoms with van der Waals surface area (Å²) in [6.07, 6.45) is 0. The van der Waals surface area contributed by atoms with Crippen LogP contribution in [0, 0.1) is 6.92 Å². The van der Waals surface area contributed by atoms with Crippen molar-refractivity contribution in [2.24, 2.45) is 0 Å². The number of oxazole rings is 1. The van der Waals surface area contributed by atoms with Gasteiger partial charge in [0.25, 0.3) is 5.91 Å². The largest absolute Gasteiger partial charge is 0.497 e. The first-order valence-electron chi connectivity index (χ1n) is 10.2. The molecule has 5 rings (SSSR count). The maximum atomic E-state index is 12.7. The summed E-state index contributed by atoms with van der Waals surface area (Å²) >= 11 is 5.32. The SMILES string of the molecule is COc1ccc(-c2nc3cc(NC(=S)NC(=O)c4oc5ccccc5c4C)ccc3o2)cc1. The number of aryl methyl sites for hydroxylation is 1. The molecule has 5 aromatic rings. The fourth-order valence-electron chi connectivity index (χ4n) is 3.58. The number of furan rings is 1. The van der Waals surface area contributed by atoms with Crippen LogP contribution in [0.3, 0.4) is 0 Å². The molecule has 8 heteroatoms. The van der Waals surface area contributed by atoms with Crippen LogP contribution in [0.4, 0.5) is 5.69 Å². The van der Waals surface area contributed by atoms with Crippen molar-refractivity contribution in [1.29, 1.82) is 0 Å². The third-order valence-corrected chi connectivity index (χ3v) is 5.46. The Balaban J connectivity index is 1.31. The van der Waals surface area contributed by atoms with Crippen LogP contribution in [-0.4, -0.2) is 23.1 Å². The highest BCUT2D eigenvalue weighted by molar-refractivity contribution is 7.80. The van der Waals surface area contributed by atoms with Crippen LogP contribution in [0.1, 0.15) is 16.1 Å². The lowest BCUT2D eigenvalue weighted by atomic mass is 10.1. The lowest BCUT2D eigenvalue weighted by molar-refractivity contribution is 0.0952. The number of benzene rings is 3. The number of para-hydroxylation sites is 1. The topological polar surface area (TPSA) is 89.5 Å². The van der Waals surface area contributed by atoms with E-state index in [-0.39, 0.29) is 10.9 Å². The fraction of sp³-hybridized carbons (Fsp3) is 0.0800. The summed E-state index contributed by atoms with van der Waals surface area (Å²) in [6, 6.07) is 20.4. The van der Waals surface area contributed by atoms with Gasteiger partial charge >= 0.3 is 0 Å². The number of carbonyl (C=O) groups excluding carboxylic acids is 1. The molecule has 0 fully saturated rings. The van der Waals surface area contributed by atoms with Gasteiger partial charge < -0.3 is 18.9 Å². The summed E-state index contributed by atoms with van der Waals surface area (Å²) in [4.78, 5) is 17.2. The molecular weight excluding hydrogens is 438 g/mol. The normalized spacial score (nSPS) is 11.0. The van der Waals surface area contributed by atoms with E-state index in [0.29, 0.717) is 28.3 Å². The monoisotopic (exact) mass is 457 g/mol. The Kier molecular flexibility index (Phi) is 5.27. The summed E-state index contributed by atoms with van der Waals surface area (Å²) < 4.78 is 16.7. The highest BCUT2D eigenvalue weighted by Gasteiger charge is 2.18. The van der Waals surface area contributed by atoms with Crippen molar-refractivity contribution in [2.45, 2.75) is 6.92 Å². The number of hydrogen-bond acceptors (Lipinski definition) is 6. The number of ether oxygens (including phenoxy) is 1. The van der Waals surface area contributed by atoms with Gasteiger partial charge in [0.2, 0.25) is 5.89 Å². The van der Waals surface area contributed by atoms with Crippen LogP contribution in [0.5, 0.6) is 5.75 Å². The zero-order valence-corrected chi connectivity index (χ0v) is 18.7. The quantitative estimate of drug-likeness (QED) is 0.335. The molecule has 0 spiro atoms. The van der Waals surface area contributed by atoms with E-state index in [0.717, 1.165) is 22.3 Å². The van der Waals surface area contributed by atoms with Crippen LogP contribution in [0.2, 0.25) is 0 Å². The molecule has 0 bridgehead atoms. The molecule has 0 aliphatic carbocycles. The first kappa shape index (κ1) is 20.7. The molecule has 0 aliphatic rings. The van der Waals surface area contributed by atoms with Gasteiger partial charge in [0.05, 0.1) is 7.11 Å². The molecular formula is C25H19N3O4S. The van der Waals surface area contributed by atoms with Crippen LogP contribution >= 0.6 is 12.2 Å². The van der Waals surface area contributed by atoms with E-state index in [9.17, 15) is 4.79 Å². The summed E-state index contributed by atoms with van der Waals surface area (Å²) in [5.41, 5.74) is 4.23. The Hall–Kier alpha value is -4.17. The Morgan fingerprint density at radius 1 is 1.00 bits per heavy atom. The second-order valence-electron chi connectivity index (χ2n) is 7.39. The minimum atomic E-state index is -0.412. The smallest absolute Gasteiger partial charge is 0.293 e. The molecule has 0 atom stereocenters. The third kappa shape index (κ3) is 4.04. The van der Waals surface area contributed by atoms with Gasteiger partial charge in [0, 0.05) is 22.2 Å². The first-order chi connectivity index (χ1) is 16.0. The lowest BCUT2D eigenvalue weighted by Crippen LogP contribution is -2.34. The fourth-order valence-corrected chi connectivity index (χ4v) is 3.79. The predicted octanol–water partition coefficient (Wildman–Crippen LogP) is 5.68. The van der Waals surface area contributed by atoms with Crippen molar-refractivity contribution in [2.75, 3.05) is 12.4 Å².